The van der Waals surface area contributed by atoms with Gasteiger partial charge in [-0.25, -0.2) is 0 Å². The number of methoxy groups -OCH3 is 1. The van der Waals surface area contributed by atoms with Gasteiger partial charge in [-0.1, -0.05) is 6.07 Å². The molecular formula is C9H12INO. The molecule has 1 atom stereocenters. The predicted octanol–water partition coefficient (Wildman–Crippen LogP) is 2.32. The average molecular weight is 277 g/mol. The van der Waals surface area contributed by atoms with Crippen LogP contribution in [0.2, 0.25) is 0 Å². The molecular weight excluding hydrogens is 265 g/mol. The summed E-state index contributed by atoms with van der Waals surface area (Å²) in [6, 6.07) is 6.08. The minimum Gasteiger partial charge on any atom is -0.496 e. The SMILES string of the molecule is COc1cc([C@H](C)N)ccc1I. The van der Waals surface area contributed by atoms with Gasteiger partial charge < -0.3 is 10.5 Å². The van der Waals surface area contributed by atoms with Crippen LogP contribution >= 0.6 is 22.6 Å². The van der Waals surface area contributed by atoms with Gasteiger partial charge in [-0.15, -0.1) is 0 Å². The van der Waals surface area contributed by atoms with Crippen LogP contribution in [0.25, 0.3) is 0 Å². The van der Waals surface area contributed by atoms with E-state index in [9.17, 15) is 0 Å². The Bertz CT molecular complexity index is 273. The van der Waals surface area contributed by atoms with Gasteiger partial charge in [-0.05, 0) is 47.2 Å². The fourth-order valence-electron chi connectivity index (χ4n) is 0.960. The van der Waals surface area contributed by atoms with E-state index in [0.717, 1.165) is 14.9 Å². The van der Waals surface area contributed by atoms with Gasteiger partial charge in [0.15, 0.2) is 0 Å². The van der Waals surface area contributed by atoms with Crippen molar-refractivity contribution >= 4 is 22.6 Å². The number of ether oxygens (including phenoxy) is 1. The van der Waals surface area contributed by atoms with Crippen LogP contribution in [0.4, 0.5) is 0 Å². The molecule has 0 aliphatic heterocycles. The summed E-state index contributed by atoms with van der Waals surface area (Å²) in [6.45, 7) is 1.96. The summed E-state index contributed by atoms with van der Waals surface area (Å²) in [7, 11) is 1.67. The number of halogens is 1. The highest BCUT2D eigenvalue weighted by Gasteiger charge is 2.03. The monoisotopic (exact) mass is 277 g/mol. The Morgan fingerprint density at radius 3 is 2.67 bits per heavy atom. The quantitative estimate of drug-likeness (QED) is 0.842. The molecule has 0 saturated heterocycles. The fraction of sp³-hybridized carbons (Fsp3) is 0.333. The molecule has 1 rings (SSSR count). The van der Waals surface area contributed by atoms with Crippen molar-refractivity contribution in [3.63, 3.8) is 0 Å². The zero-order valence-electron chi connectivity index (χ0n) is 7.17. The van der Waals surface area contributed by atoms with Crippen LogP contribution in [0.3, 0.4) is 0 Å². The fourth-order valence-corrected chi connectivity index (χ4v) is 1.52. The van der Waals surface area contributed by atoms with E-state index >= 15 is 0 Å². The van der Waals surface area contributed by atoms with E-state index in [1.54, 1.807) is 7.11 Å². The van der Waals surface area contributed by atoms with Gasteiger partial charge in [0.05, 0.1) is 10.7 Å². The Morgan fingerprint density at radius 2 is 2.17 bits per heavy atom. The minimum atomic E-state index is 0.0656. The lowest BCUT2D eigenvalue weighted by atomic mass is 10.1. The van der Waals surface area contributed by atoms with Crippen LogP contribution in [-0.2, 0) is 0 Å². The average Bonchev–Trinajstić information content (AvgIpc) is 2.05. The maximum absolute atomic E-state index is 5.73. The maximum Gasteiger partial charge on any atom is 0.132 e. The Hall–Kier alpha value is -0.290. The number of hydrogen-bond donors (Lipinski definition) is 1. The van der Waals surface area contributed by atoms with Crippen molar-refractivity contribution in [2.75, 3.05) is 7.11 Å². The molecule has 0 radical (unpaired) electrons. The molecule has 0 fully saturated rings. The van der Waals surface area contributed by atoms with E-state index in [1.165, 1.54) is 0 Å². The molecule has 0 heterocycles. The molecule has 0 amide bonds. The van der Waals surface area contributed by atoms with E-state index in [-0.39, 0.29) is 6.04 Å². The van der Waals surface area contributed by atoms with Crippen LogP contribution in [0.15, 0.2) is 18.2 Å². The number of hydrogen-bond acceptors (Lipinski definition) is 2. The van der Waals surface area contributed by atoms with E-state index in [0.29, 0.717) is 0 Å². The number of rotatable bonds is 2. The van der Waals surface area contributed by atoms with Gasteiger partial charge in [0.25, 0.3) is 0 Å². The molecule has 2 nitrogen and oxygen atoms in total. The van der Waals surface area contributed by atoms with Crippen molar-refractivity contribution in [1.29, 1.82) is 0 Å². The van der Waals surface area contributed by atoms with Gasteiger partial charge >= 0.3 is 0 Å². The second-order valence-electron chi connectivity index (χ2n) is 2.68. The van der Waals surface area contributed by atoms with Gasteiger partial charge in [-0.2, -0.15) is 0 Å². The van der Waals surface area contributed by atoms with Crippen molar-refractivity contribution in [3.05, 3.63) is 27.3 Å². The highest BCUT2D eigenvalue weighted by Crippen LogP contribution is 2.23. The van der Waals surface area contributed by atoms with Crippen LogP contribution < -0.4 is 10.5 Å². The van der Waals surface area contributed by atoms with E-state index in [4.69, 9.17) is 10.5 Å². The summed E-state index contributed by atoms with van der Waals surface area (Å²) in [6.07, 6.45) is 0. The molecule has 1 aromatic carbocycles. The molecule has 0 saturated carbocycles. The van der Waals surface area contributed by atoms with Crippen LogP contribution in [0.1, 0.15) is 18.5 Å². The first-order valence-electron chi connectivity index (χ1n) is 3.74. The summed E-state index contributed by atoms with van der Waals surface area (Å²) in [5, 5.41) is 0. The maximum atomic E-state index is 5.73. The molecule has 2 N–H and O–H groups in total. The summed E-state index contributed by atoms with van der Waals surface area (Å²) < 4.78 is 6.28. The Labute approximate surface area is 86.2 Å². The summed E-state index contributed by atoms with van der Waals surface area (Å²) >= 11 is 2.23. The molecule has 12 heavy (non-hydrogen) atoms. The van der Waals surface area contributed by atoms with Gasteiger partial charge in [-0.3, -0.25) is 0 Å². The standard InChI is InChI=1S/C9H12INO/c1-6(11)7-3-4-8(10)9(5-7)12-2/h3-6H,11H2,1-2H3/t6-/m0/s1. The van der Waals surface area contributed by atoms with Gasteiger partial charge in [0.2, 0.25) is 0 Å². The highest BCUT2D eigenvalue weighted by atomic mass is 127. The number of nitrogens with two attached hydrogens (primary N) is 1. The van der Waals surface area contributed by atoms with Crippen molar-refractivity contribution < 1.29 is 4.74 Å². The summed E-state index contributed by atoms with van der Waals surface area (Å²) in [5.41, 5.74) is 6.83. The molecule has 3 heteroatoms. The zero-order chi connectivity index (χ0) is 9.14. The third-order valence-corrected chi connectivity index (χ3v) is 2.59. The third-order valence-electron chi connectivity index (χ3n) is 1.70. The molecule has 0 aliphatic carbocycles. The first kappa shape index (κ1) is 9.80. The summed E-state index contributed by atoms with van der Waals surface area (Å²) in [4.78, 5) is 0. The molecule has 0 aliphatic rings. The number of benzene rings is 1. The van der Waals surface area contributed by atoms with E-state index < -0.39 is 0 Å². The zero-order valence-corrected chi connectivity index (χ0v) is 9.33. The molecule has 0 spiro atoms. The third kappa shape index (κ3) is 2.10. The van der Waals surface area contributed by atoms with Crippen molar-refractivity contribution in [2.45, 2.75) is 13.0 Å². The van der Waals surface area contributed by atoms with Crippen LogP contribution in [0, 0.1) is 3.57 Å². The smallest absolute Gasteiger partial charge is 0.132 e. The highest BCUT2D eigenvalue weighted by molar-refractivity contribution is 14.1. The lowest BCUT2D eigenvalue weighted by Crippen LogP contribution is -2.05. The van der Waals surface area contributed by atoms with Gasteiger partial charge in [0, 0.05) is 6.04 Å². The predicted molar refractivity (Wildman–Crippen MR) is 58.3 cm³/mol. The van der Waals surface area contributed by atoms with Gasteiger partial charge in [0.1, 0.15) is 5.75 Å². The minimum absolute atomic E-state index is 0.0656. The molecule has 0 bridgehead atoms. The Kier molecular flexibility index (Phi) is 3.34. The van der Waals surface area contributed by atoms with E-state index in [2.05, 4.69) is 22.6 Å². The van der Waals surface area contributed by atoms with Crippen LogP contribution in [0.5, 0.6) is 5.75 Å². The lowest BCUT2D eigenvalue weighted by molar-refractivity contribution is 0.411. The normalized spacial score (nSPS) is 12.7. The van der Waals surface area contributed by atoms with Crippen molar-refractivity contribution in [3.8, 4) is 5.75 Å². The first-order chi connectivity index (χ1) is 5.65. The molecule has 66 valence electrons. The summed E-state index contributed by atoms with van der Waals surface area (Å²) in [5.74, 6) is 0.894. The topological polar surface area (TPSA) is 35.2 Å². The molecule has 1 aromatic rings. The Balaban J connectivity index is 3.05. The lowest BCUT2D eigenvalue weighted by Gasteiger charge is -2.08. The second-order valence-corrected chi connectivity index (χ2v) is 3.84. The van der Waals surface area contributed by atoms with Crippen molar-refractivity contribution in [1.82, 2.24) is 0 Å². The first-order valence-corrected chi connectivity index (χ1v) is 4.82. The largest absolute Gasteiger partial charge is 0.496 e. The molecule has 0 unspecified atom stereocenters. The van der Waals surface area contributed by atoms with Crippen molar-refractivity contribution in [2.24, 2.45) is 5.73 Å². The second kappa shape index (κ2) is 4.09. The molecule has 0 aromatic heterocycles. The Morgan fingerprint density at radius 1 is 1.50 bits per heavy atom. The van der Waals surface area contributed by atoms with Crippen LogP contribution in [-0.4, -0.2) is 7.11 Å². The van der Waals surface area contributed by atoms with E-state index in [1.807, 2.05) is 25.1 Å².